The highest BCUT2D eigenvalue weighted by atomic mass is 16.4. The fraction of sp³-hybridized carbons (Fsp3) is 0.346. The number of imidazole rings is 1. The summed E-state index contributed by atoms with van der Waals surface area (Å²) >= 11 is 0. The summed E-state index contributed by atoms with van der Waals surface area (Å²) < 4.78 is 3.05. The normalized spacial score (nSPS) is 11.3. The molecule has 9 heteroatoms. The van der Waals surface area contributed by atoms with E-state index in [0.717, 1.165) is 35.1 Å². The molecule has 2 N–H and O–H groups in total. The number of hydrogen-bond donors (Lipinski definition) is 2. The van der Waals surface area contributed by atoms with Crippen molar-refractivity contribution in [3.05, 3.63) is 76.0 Å². The molecule has 0 spiro atoms. The van der Waals surface area contributed by atoms with Gasteiger partial charge in [0, 0.05) is 12.1 Å². The number of aromatic carboxylic acids is 1. The number of nitrogens with one attached hydrogen (secondary N) is 1. The molecule has 2 heterocycles. The van der Waals surface area contributed by atoms with Crippen molar-refractivity contribution in [2.75, 3.05) is 0 Å². The predicted molar refractivity (Wildman–Crippen MR) is 133 cm³/mol. The summed E-state index contributed by atoms with van der Waals surface area (Å²) in [7, 11) is 0. The van der Waals surface area contributed by atoms with Crippen molar-refractivity contribution in [1.29, 1.82) is 0 Å². The Hall–Kier alpha value is -4.01. The van der Waals surface area contributed by atoms with Gasteiger partial charge in [0.05, 0.1) is 12.2 Å². The fourth-order valence-corrected chi connectivity index (χ4v) is 4.36. The Kier molecular flexibility index (Phi) is 7.24. The van der Waals surface area contributed by atoms with Crippen LogP contribution in [0.25, 0.3) is 22.5 Å². The molecule has 35 heavy (non-hydrogen) atoms. The van der Waals surface area contributed by atoms with E-state index in [1.165, 1.54) is 4.57 Å². The average molecular weight is 475 g/mol. The lowest BCUT2D eigenvalue weighted by molar-refractivity contribution is 0.0682. The minimum atomic E-state index is -1.05. The lowest BCUT2D eigenvalue weighted by atomic mass is 9.98. The molecule has 0 aliphatic carbocycles. The van der Waals surface area contributed by atoms with Crippen LogP contribution in [-0.4, -0.2) is 40.8 Å². The molecule has 0 amide bonds. The fourth-order valence-electron chi connectivity index (χ4n) is 4.36. The smallest absolute Gasteiger partial charge is 0.354 e. The van der Waals surface area contributed by atoms with E-state index >= 15 is 0 Å². The topological polar surface area (TPSA) is 119 Å². The van der Waals surface area contributed by atoms with E-state index in [-0.39, 0.29) is 17.3 Å². The van der Waals surface area contributed by atoms with Crippen molar-refractivity contribution >= 4 is 5.97 Å². The highest BCUT2D eigenvalue weighted by molar-refractivity contribution is 5.87. The summed E-state index contributed by atoms with van der Waals surface area (Å²) in [6, 6.07) is 15.8. The van der Waals surface area contributed by atoms with Gasteiger partial charge in [0.25, 0.3) is 0 Å². The third kappa shape index (κ3) is 5.08. The van der Waals surface area contributed by atoms with Crippen LogP contribution in [0.2, 0.25) is 0 Å². The van der Waals surface area contributed by atoms with Gasteiger partial charge in [0.2, 0.25) is 0 Å². The number of tetrazole rings is 1. The first kappa shape index (κ1) is 24.1. The number of benzene rings is 2. The van der Waals surface area contributed by atoms with Crippen LogP contribution >= 0.6 is 0 Å². The second-order valence-corrected chi connectivity index (χ2v) is 9.07. The second-order valence-electron chi connectivity index (χ2n) is 9.07. The highest BCUT2D eigenvalue weighted by Gasteiger charge is 2.25. The van der Waals surface area contributed by atoms with Crippen LogP contribution in [0.15, 0.2) is 53.3 Å². The van der Waals surface area contributed by atoms with Crippen molar-refractivity contribution < 1.29 is 9.90 Å². The molecule has 4 rings (SSSR count). The molecule has 9 nitrogen and oxygen atoms in total. The van der Waals surface area contributed by atoms with Crippen LogP contribution in [0.4, 0.5) is 0 Å². The Labute approximate surface area is 203 Å². The summed E-state index contributed by atoms with van der Waals surface area (Å²) in [5.74, 6) is -0.314. The Morgan fingerprint density at radius 2 is 1.77 bits per heavy atom. The maximum Gasteiger partial charge on any atom is 0.354 e. The van der Waals surface area contributed by atoms with Gasteiger partial charge >= 0.3 is 11.7 Å². The quantitative estimate of drug-likeness (QED) is 0.355. The van der Waals surface area contributed by atoms with Crippen molar-refractivity contribution in [2.24, 2.45) is 5.92 Å². The molecule has 4 aromatic rings. The Balaban J connectivity index is 1.70. The summed E-state index contributed by atoms with van der Waals surface area (Å²) in [4.78, 5) is 25.5. The number of aromatic nitrogens is 6. The molecule has 0 atom stereocenters. The van der Waals surface area contributed by atoms with E-state index in [0.29, 0.717) is 31.0 Å². The van der Waals surface area contributed by atoms with E-state index in [2.05, 4.69) is 27.5 Å². The van der Waals surface area contributed by atoms with E-state index in [1.54, 1.807) is 4.57 Å². The van der Waals surface area contributed by atoms with Crippen LogP contribution < -0.4 is 5.69 Å². The van der Waals surface area contributed by atoms with Crippen molar-refractivity contribution in [3.63, 3.8) is 0 Å². The van der Waals surface area contributed by atoms with Gasteiger partial charge in [-0.2, -0.15) is 0 Å². The lowest BCUT2D eigenvalue weighted by Crippen LogP contribution is -2.28. The number of carbonyl (C=O) groups is 1. The number of rotatable bonds is 10. The molecule has 0 saturated carbocycles. The molecular formula is C26H30N6O3. The largest absolute Gasteiger partial charge is 0.477 e. The molecule has 2 aromatic heterocycles. The molecule has 0 unspecified atom stereocenters. The first-order chi connectivity index (χ1) is 16.9. The summed E-state index contributed by atoms with van der Waals surface area (Å²) in [5, 5.41) is 24.1. The Bertz CT molecular complexity index is 1350. The molecule has 2 aromatic carbocycles. The van der Waals surface area contributed by atoms with Crippen LogP contribution in [0.5, 0.6) is 0 Å². The number of carboxylic acid groups (broad SMARTS) is 1. The molecule has 182 valence electrons. The number of hydrogen-bond acceptors (Lipinski definition) is 5. The van der Waals surface area contributed by atoms with Crippen LogP contribution in [-0.2, 0) is 19.5 Å². The number of H-pyrrole nitrogens is 1. The number of unbranched alkanes of at least 4 members (excludes halogenated alkanes) is 1. The Morgan fingerprint density at radius 1 is 1.06 bits per heavy atom. The van der Waals surface area contributed by atoms with E-state index in [9.17, 15) is 14.7 Å². The van der Waals surface area contributed by atoms with Crippen molar-refractivity contribution in [1.82, 2.24) is 29.8 Å². The minimum Gasteiger partial charge on any atom is -0.477 e. The van der Waals surface area contributed by atoms with Crippen LogP contribution in [0.1, 0.15) is 55.4 Å². The first-order valence-electron chi connectivity index (χ1n) is 11.9. The van der Waals surface area contributed by atoms with Crippen molar-refractivity contribution in [2.45, 2.75) is 53.1 Å². The van der Waals surface area contributed by atoms with Gasteiger partial charge in [-0.25, -0.2) is 14.7 Å². The van der Waals surface area contributed by atoms with Gasteiger partial charge in [-0.1, -0.05) is 75.7 Å². The SMILES string of the molecule is CCCCc1c(C(=O)O)n(CC(C)C)c(=O)n1Cc1ccc(-c2ccccc2-c2nnn[nH]2)cc1. The van der Waals surface area contributed by atoms with Gasteiger partial charge in [-0.3, -0.25) is 9.13 Å². The zero-order valence-corrected chi connectivity index (χ0v) is 20.2. The maximum atomic E-state index is 13.3. The summed E-state index contributed by atoms with van der Waals surface area (Å²) in [6.45, 7) is 6.70. The molecule has 0 saturated heterocycles. The third-order valence-electron chi connectivity index (χ3n) is 5.98. The first-order valence-corrected chi connectivity index (χ1v) is 11.9. The lowest BCUT2D eigenvalue weighted by Gasteiger charge is -2.10. The van der Waals surface area contributed by atoms with E-state index < -0.39 is 5.97 Å². The Morgan fingerprint density at radius 3 is 2.37 bits per heavy atom. The van der Waals surface area contributed by atoms with E-state index in [1.807, 2.05) is 62.4 Å². The zero-order chi connectivity index (χ0) is 24.9. The summed E-state index contributed by atoms with van der Waals surface area (Å²) in [5.41, 5.74) is 4.22. The molecule has 0 radical (unpaired) electrons. The van der Waals surface area contributed by atoms with Gasteiger partial charge in [-0.15, -0.1) is 5.10 Å². The van der Waals surface area contributed by atoms with Gasteiger partial charge in [0.1, 0.15) is 0 Å². The van der Waals surface area contributed by atoms with Gasteiger partial charge in [0.15, 0.2) is 11.5 Å². The minimum absolute atomic E-state index is 0.114. The van der Waals surface area contributed by atoms with Gasteiger partial charge in [-0.05, 0) is 45.9 Å². The molecule has 0 bridgehead atoms. The number of carboxylic acids is 1. The number of aromatic amines is 1. The molecule has 0 aliphatic rings. The standard InChI is InChI=1S/C26H30N6O3/c1-4-5-10-22-23(25(33)34)32(15-17(2)3)26(35)31(22)16-18-11-13-19(14-12-18)20-8-6-7-9-21(20)24-27-29-30-28-24/h6-9,11-14,17H,4-5,10,15-16H2,1-3H3,(H,33,34)(H,27,28,29,30). The maximum absolute atomic E-state index is 13.3. The molecule has 0 aliphatic heterocycles. The van der Waals surface area contributed by atoms with E-state index in [4.69, 9.17) is 0 Å². The summed E-state index contributed by atoms with van der Waals surface area (Å²) in [6.07, 6.45) is 2.28. The second kappa shape index (κ2) is 10.5. The average Bonchev–Trinajstić information content (AvgIpc) is 3.46. The monoisotopic (exact) mass is 474 g/mol. The van der Waals surface area contributed by atoms with Gasteiger partial charge < -0.3 is 5.11 Å². The molecule has 0 fully saturated rings. The number of nitrogens with zero attached hydrogens (tertiary/aromatic N) is 5. The van der Waals surface area contributed by atoms with Crippen molar-refractivity contribution in [3.8, 4) is 22.5 Å². The van der Waals surface area contributed by atoms with Crippen LogP contribution in [0.3, 0.4) is 0 Å². The highest BCUT2D eigenvalue weighted by Crippen LogP contribution is 2.30. The predicted octanol–water partition coefficient (Wildman–Crippen LogP) is 4.24. The van der Waals surface area contributed by atoms with Crippen LogP contribution in [0, 0.1) is 5.92 Å². The zero-order valence-electron chi connectivity index (χ0n) is 20.2. The molecular weight excluding hydrogens is 444 g/mol. The third-order valence-corrected chi connectivity index (χ3v) is 5.98.